The van der Waals surface area contributed by atoms with Crippen LogP contribution in [0.4, 0.5) is 10.7 Å². The Labute approximate surface area is 162 Å². The van der Waals surface area contributed by atoms with Crippen molar-refractivity contribution in [3.05, 3.63) is 11.4 Å². The van der Waals surface area contributed by atoms with Crippen LogP contribution in [0, 0.1) is 0 Å². The first-order valence-corrected chi connectivity index (χ1v) is 9.96. The summed E-state index contributed by atoms with van der Waals surface area (Å²) in [4.78, 5) is 43.7. The van der Waals surface area contributed by atoms with Gasteiger partial charge < -0.3 is 24.2 Å². The van der Waals surface area contributed by atoms with Crippen LogP contribution in [0.25, 0.3) is 0 Å². The molecule has 1 fully saturated rings. The van der Waals surface area contributed by atoms with Gasteiger partial charge in [0, 0.05) is 32.7 Å². The minimum atomic E-state index is -1.23. The molecule has 0 atom stereocenters. The number of hydrogen-bond donors (Lipinski definition) is 1. The van der Waals surface area contributed by atoms with Crippen LogP contribution < -0.4 is 4.90 Å². The van der Waals surface area contributed by atoms with Gasteiger partial charge in [-0.15, -0.1) is 0 Å². The van der Waals surface area contributed by atoms with E-state index in [1.54, 1.807) is 15.7 Å². The molecule has 1 amide bonds. The third-order valence-electron chi connectivity index (χ3n) is 4.06. The molecule has 9 nitrogen and oxygen atoms in total. The SMILES string of the molecule is CCn1c(N2CCN(C(=O)OC(C)(C)C)CC2)nc(C(=O)O)c1C(=O)SC. The van der Waals surface area contributed by atoms with Crippen molar-refractivity contribution in [1.29, 1.82) is 0 Å². The number of piperazine rings is 1. The van der Waals surface area contributed by atoms with E-state index in [1.165, 1.54) is 0 Å². The molecule has 1 aromatic rings. The normalized spacial score (nSPS) is 15.0. The Kier molecular flexibility index (Phi) is 6.40. The number of carbonyl (C=O) groups is 3. The van der Waals surface area contributed by atoms with Gasteiger partial charge in [-0.3, -0.25) is 4.79 Å². The standard InChI is InChI=1S/C17H26N4O5S/c1-6-21-12(14(24)27-5)11(13(22)23)18-15(21)19-7-9-20(10-8-19)16(25)26-17(2,3)4/h6-10H2,1-5H3,(H,22,23). The van der Waals surface area contributed by atoms with Gasteiger partial charge in [-0.25, -0.2) is 14.6 Å². The fourth-order valence-corrected chi connectivity index (χ4v) is 3.25. The van der Waals surface area contributed by atoms with Gasteiger partial charge in [-0.2, -0.15) is 0 Å². The monoisotopic (exact) mass is 398 g/mol. The molecule has 10 heteroatoms. The molecular weight excluding hydrogens is 372 g/mol. The summed E-state index contributed by atoms with van der Waals surface area (Å²) in [6.07, 6.45) is 1.24. The molecule has 0 aromatic carbocycles. The van der Waals surface area contributed by atoms with Crippen molar-refractivity contribution in [3.63, 3.8) is 0 Å². The third kappa shape index (κ3) is 4.74. The fraction of sp³-hybridized carbons (Fsp3) is 0.647. The number of aromatic carboxylic acids is 1. The van der Waals surface area contributed by atoms with Crippen molar-refractivity contribution in [3.8, 4) is 0 Å². The molecule has 0 radical (unpaired) electrons. The first-order valence-electron chi connectivity index (χ1n) is 8.74. The second kappa shape index (κ2) is 8.20. The minimum absolute atomic E-state index is 0.0991. The van der Waals surface area contributed by atoms with Crippen molar-refractivity contribution in [2.45, 2.75) is 39.8 Å². The lowest BCUT2D eigenvalue weighted by Crippen LogP contribution is -2.50. The second-order valence-electron chi connectivity index (χ2n) is 7.10. The van der Waals surface area contributed by atoms with Crippen LogP contribution in [-0.2, 0) is 11.3 Å². The average Bonchev–Trinajstić information content (AvgIpc) is 2.99. The van der Waals surface area contributed by atoms with E-state index < -0.39 is 11.6 Å². The maximum atomic E-state index is 12.2. The summed E-state index contributed by atoms with van der Waals surface area (Å²) in [6, 6.07) is 0. The molecule has 1 saturated heterocycles. The highest BCUT2D eigenvalue weighted by molar-refractivity contribution is 8.13. The van der Waals surface area contributed by atoms with Gasteiger partial charge in [0.05, 0.1) is 0 Å². The van der Waals surface area contributed by atoms with Crippen molar-refractivity contribution < 1.29 is 24.2 Å². The number of aromatic nitrogens is 2. The highest BCUT2D eigenvalue weighted by Gasteiger charge is 2.31. The van der Waals surface area contributed by atoms with Gasteiger partial charge >= 0.3 is 12.1 Å². The Bertz CT molecular complexity index is 732. The third-order valence-corrected chi connectivity index (χ3v) is 4.62. The molecule has 0 aliphatic carbocycles. The highest BCUT2D eigenvalue weighted by Crippen LogP contribution is 2.25. The Morgan fingerprint density at radius 1 is 1.19 bits per heavy atom. The molecule has 0 bridgehead atoms. The quantitative estimate of drug-likeness (QED) is 0.823. The minimum Gasteiger partial charge on any atom is -0.476 e. The largest absolute Gasteiger partial charge is 0.476 e. The Hall–Kier alpha value is -2.23. The number of imidazole rings is 1. The zero-order valence-corrected chi connectivity index (χ0v) is 17.1. The summed E-state index contributed by atoms with van der Waals surface area (Å²) in [5.41, 5.74) is -0.696. The summed E-state index contributed by atoms with van der Waals surface area (Å²) in [6.45, 7) is 9.52. The van der Waals surface area contributed by atoms with E-state index >= 15 is 0 Å². The van der Waals surface area contributed by atoms with Crippen LogP contribution in [-0.4, -0.2) is 74.8 Å². The van der Waals surface area contributed by atoms with Crippen molar-refractivity contribution in [1.82, 2.24) is 14.5 Å². The van der Waals surface area contributed by atoms with Crippen LogP contribution in [0.3, 0.4) is 0 Å². The van der Waals surface area contributed by atoms with Crippen LogP contribution in [0.15, 0.2) is 0 Å². The Morgan fingerprint density at radius 3 is 2.22 bits per heavy atom. The predicted octanol–water partition coefficient (Wildman–Crippen LogP) is 2.16. The maximum Gasteiger partial charge on any atom is 0.410 e. The van der Waals surface area contributed by atoms with Crippen LogP contribution >= 0.6 is 11.8 Å². The second-order valence-corrected chi connectivity index (χ2v) is 7.88. The summed E-state index contributed by atoms with van der Waals surface area (Å²) in [7, 11) is 0. The number of carboxylic acid groups (broad SMARTS) is 1. The van der Waals surface area contributed by atoms with Gasteiger partial charge in [-0.1, -0.05) is 11.8 Å². The molecule has 1 aromatic heterocycles. The molecule has 1 N–H and O–H groups in total. The lowest BCUT2D eigenvalue weighted by molar-refractivity contribution is 0.0239. The van der Waals surface area contributed by atoms with Crippen LogP contribution in [0.5, 0.6) is 0 Å². The summed E-state index contributed by atoms with van der Waals surface area (Å²) >= 11 is 0.958. The topological polar surface area (TPSA) is 105 Å². The first kappa shape index (κ1) is 21.1. The number of anilines is 1. The zero-order valence-electron chi connectivity index (χ0n) is 16.3. The molecule has 27 heavy (non-hydrogen) atoms. The molecular formula is C17H26N4O5S. The number of hydrogen-bond acceptors (Lipinski definition) is 7. The summed E-state index contributed by atoms with van der Waals surface area (Å²) < 4.78 is 7.02. The van der Waals surface area contributed by atoms with E-state index in [4.69, 9.17) is 4.74 Å². The Morgan fingerprint density at radius 2 is 1.78 bits per heavy atom. The number of ether oxygens (including phenoxy) is 1. The number of rotatable bonds is 4. The average molecular weight is 398 g/mol. The summed E-state index contributed by atoms with van der Waals surface area (Å²) in [5, 5.41) is 9.11. The molecule has 0 spiro atoms. The van der Waals surface area contributed by atoms with Crippen molar-refractivity contribution >= 4 is 34.9 Å². The number of amides is 1. The molecule has 1 aliphatic heterocycles. The number of thioether (sulfide) groups is 1. The lowest BCUT2D eigenvalue weighted by atomic mass is 10.2. The van der Waals surface area contributed by atoms with Gasteiger partial charge in [0.25, 0.3) is 0 Å². The summed E-state index contributed by atoms with van der Waals surface area (Å²) in [5.74, 6) is -0.788. The van der Waals surface area contributed by atoms with Gasteiger partial charge in [0.15, 0.2) is 5.69 Å². The van der Waals surface area contributed by atoms with E-state index in [0.717, 1.165) is 11.8 Å². The first-order chi connectivity index (χ1) is 12.6. The molecule has 2 heterocycles. The van der Waals surface area contributed by atoms with Crippen LogP contribution in [0.2, 0.25) is 0 Å². The van der Waals surface area contributed by atoms with Gasteiger partial charge in [0.2, 0.25) is 11.1 Å². The van der Waals surface area contributed by atoms with E-state index in [1.807, 2.05) is 32.6 Å². The van der Waals surface area contributed by atoms with E-state index in [2.05, 4.69) is 4.98 Å². The molecule has 150 valence electrons. The van der Waals surface area contributed by atoms with Crippen LogP contribution in [0.1, 0.15) is 48.7 Å². The Balaban J connectivity index is 2.22. The molecule has 2 rings (SSSR count). The molecule has 0 saturated carbocycles. The van der Waals surface area contributed by atoms with E-state index in [-0.39, 0.29) is 22.6 Å². The highest BCUT2D eigenvalue weighted by atomic mass is 32.2. The van der Waals surface area contributed by atoms with Gasteiger partial charge in [-0.05, 0) is 34.0 Å². The van der Waals surface area contributed by atoms with Crippen molar-refractivity contribution in [2.75, 3.05) is 37.3 Å². The maximum absolute atomic E-state index is 12.2. The van der Waals surface area contributed by atoms with E-state index in [9.17, 15) is 19.5 Å². The number of carbonyl (C=O) groups excluding carboxylic acids is 2. The zero-order chi connectivity index (χ0) is 20.4. The van der Waals surface area contributed by atoms with Gasteiger partial charge in [0.1, 0.15) is 11.3 Å². The van der Waals surface area contributed by atoms with E-state index in [0.29, 0.717) is 38.7 Å². The number of carboxylic acids is 1. The lowest BCUT2D eigenvalue weighted by Gasteiger charge is -2.36. The molecule has 0 unspecified atom stereocenters. The smallest absolute Gasteiger partial charge is 0.410 e. The number of nitrogens with zero attached hydrogens (tertiary/aromatic N) is 4. The van der Waals surface area contributed by atoms with Crippen molar-refractivity contribution in [2.24, 2.45) is 0 Å². The fourth-order valence-electron chi connectivity index (χ4n) is 2.85. The molecule has 1 aliphatic rings. The predicted molar refractivity (Wildman–Crippen MR) is 103 cm³/mol.